The molecule has 1 amide bonds. The standard InChI is InChI=1S/C21H25N5O/c1-4-16-10-12-17(13-11-16)20(25(2)3)15-22-21(27)19-14-23-26(24-19)18-8-6-5-7-9-18/h5-14,20H,4,15H2,1-3H3,(H,22,27)/t20-/m0/s1. The van der Waals surface area contributed by atoms with E-state index in [9.17, 15) is 4.79 Å². The summed E-state index contributed by atoms with van der Waals surface area (Å²) in [5, 5.41) is 11.4. The van der Waals surface area contributed by atoms with Gasteiger partial charge in [0.25, 0.3) is 5.91 Å². The Balaban J connectivity index is 1.66. The zero-order valence-corrected chi connectivity index (χ0v) is 16.0. The van der Waals surface area contributed by atoms with Gasteiger partial charge < -0.3 is 10.2 Å². The molecule has 0 aliphatic heterocycles. The molecule has 0 bridgehead atoms. The Kier molecular flexibility index (Phi) is 5.98. The third-order valence-corrected chi connectivity index (χ3v) is 4.56. The number of carbonyl (C=O) groups excluding carboxylic acids is 1. The monoisotopic (exact) mass is 363 g/mol. The number of hydrogen-bond acceptors (Lipinski definition) is 4. The molecule has 27 heavy (non-hydrogen) atoms. The van der Waals surface area contributed by atoms with E-state index in [-0.39, 0.29) is 11.9 Å². The number of rotatable bonds is 7. The SMILES string of the molecule is CCc1ccc([C@H](CNC(=O)c2cnn(-c3ccccc3)n2)N(C)C)cc1. The lowest BCUT2D eigenvalue weighted by atomic mass is 10.0. The molecule has 6 nitrogen and oxygen atoms in total. The number of aryl methyl sites for hydroxylation is 1. The summed E-state index contributed by atoms with van der Waals surface area (Å²) in [6.45, 7) is 2.64. The van der Waals surface area contributed by atoms with E-state index in [1.807, 2.05) is 44.4 Å². The highest BCUT2D eigenvalue weighted by atomic mass is 16.2. The quantitative estimate of drug-likeness (QED) is 0.701. The van der Waals surface area contributed by atoms with E-state index in [0.29, 0.717) is 12.2 Å². The lowest BCUT2D eigenvalue weighted by molar-refractivity contribution is 0.0936. The van der Waals surface area contributed by atoms with Crippen molar-refractivity contribution in [3.05, 3.63) is 77.6 Å². The van der Waals surface area contributed by atoms with Gasteiger partial charge >= 0.3 is 0 Å². The van der Waals surface area contributed by atoms with Crippen LogP contribution >= 0.6 is 0 Å². The number of aromatic nitrogens is 3. The van der Waals surface area contributed by atoms with Gasteiger partial charge in [-0.25, -0.2) is 0 Å². The van der Waals surface area contributed by atoms with E-state index < -0.39 is 0 Å². The number of amides is 1. The molecule has 0 fully saturated rings. The Hall–Kier alpha value is -2.99. The van der Waals surface area contributed by atoms with Crippen LogP contribution in [0.4, 0.5) is 0 Å². The molecule has 3 aromatic rings. The minimum atomic E-state index is -0.228. The first-order chi connectivity index (χ1) is 13.1. The van der Waals surface area contributed by atoms with Gasteiger partial charge in [0, 0.05) is 6.54 Å². The second-order valence-electron chi connectivity index (χ2n) is 6.64. The van der Waals surface area contributed by atoms with Crippen molar-refractivity contribution in [2.45, 2.75) is 19.4 Å². The zero-order chi connectivity index (χ0) is 19.2. The molecule has 3 rings (SSSR count). The van der Waals surface area contributed by atoms with Crippen molar-refractivity contribution in [3.8, 4) is 5.69 Å². The second-order valence-corrected chi connectivity index (χ2v) is 6.64. The fourth-order valence-electron chi connectivity index (χ4n) is 2.91. The van der Waals surface area contributed by atoms with E-state index in [1.165, 1.54) is 22.1 Å². The highest BCUT2D eigenvalue weighted by Gasteiger charge is 2.17. The minimum absolute atomic E-state index is 0.0871. The highest BCUT2D eigenvalue weighted by Crippen LogP contribution is 2.18. The molecule has 0 aliphatic carbocycles. The predicted molar refractivity (Wildman–Crippen MR) is 106 cm³/mol. The molecule has 0 saturated carbocycles. The third-order valence-electron chi connectivity index (χ3n) is 4.56. The molecular weight excluding hydrogens is 338 g/mol. The van der Waals surface area contributed by atoms with E-state index in [0.717, 1.165) is 12.1 Å². The molecule has 1 N–H and O–H groups in total. The van der Waals surface area contributed by atoms with Crippen molar-refractivity contribution >= 4 is 5.91 Å². The summed E-state index contributed by atoms with van der Waals surface area (Å²) in [7, 11) is 4.02. The van der Waals surface area contributed by atoms with Crippen LogP contribution in [0.25, 0.3) is 5.69 Å². The van der Waals surface area contributed by atoms with E-state index in [4.69, 9.17) is 0 Å². The maximum atomic E-state index is 12.5. The van der Waals surface area contributed by atoms with Gasteiger partial charge in [0.2, 0.25) is 0 Å². The van der Waals surface area contributed by atoms with Gasteiger partial charge in [-0.15, -0.1) is 5.10 Å². The molecule has 0 radical (unpaired) electrons. The molecule has 0 unspecified atom stereocenters. The first-order valence-corrected chi connectivity index (χ1v) is 9.09. The number of hydrogen-bond donors (Lipinski definition) is 1. The normalized spacial score (nSPS) is 12.1. The lowest BCUT2D eigenvalue weighted by Crippen LogP contribution is -2.34. The maximum absolute atomic E-state index is 12.5. The van der Waals surface area contributed by atoms with E-state index >= 15 is 0 Å². The van der Waals surface area contributed by atoms with Crippen molar-refractivity contribution in [3.63, 3.8) is 0 Å². The van der Waals surface area contributed by atoms with Crippen molar-refractivity contribution < 1.29 is 4.79 Å². The van der Waals surface area contributed by atoms with Gasteiger partial charge in [-0.3, -0.25) is 4.79 Å². The number of benzene rings is 2. The van der Waals surface area contributed by atoms with E-state index in [2.05, 4.69) is 51.6 Å². The summed E-state index contributed by atoms with van der Waals surface area (Å²) in [5.74, 6) is -0.228. The maximum Gasteiger partial charge on any atom is 0.273 e. The van der Waals surface area contributed by atoms with Crippen molar-refractivity contribution in [2.24, 2.45) is 0 Å². The van der Waals surface area contributed by atoms with Crippen molar-refractivity contribution in [1.82, 2.24) is 25.2 Å². The molecule has 1 aromatic heterocycles. The molecule has 0 aliphatic rings. The average Bonchev–Trinajstić information content (AvgIpc) is 3.19. The van der Waals surface area contributed by atoms with Crippen LogP contribution in [-0.4, -0.2) is 46.4 Å². The predicted octanol–water partition coefficient (Wildman–Crippen LogP) is 2.86. The van der Waals surface area contributed by atoms with Gasteiger partial charge in [0.05, 0.1) is 17.9 Å². The summed E-state index contributed by atoms with van der Waals surface area (Å²) in [6, 6.07) is 18.1. The molecule has 1 atom stereocenters. The van der Waals surface area contributed by atoms with E-state index in [1.54, 1.807) is 0 Å². The zero-order valence-electron chi connectivity index (χ0n) is 16.0. The Labute approximate surface area is 159 Å². The largest absolute Gasteiger partial charge is 0.349 e. The minimum Gasteiger partial charge on any atom is -0.349 e. The van der Waals surface area contributed by atoms with Crippen LogP contribution in [0.3, 0.4) is 0 Å². The fraction of sp³-hybridized carbons (Fsp3) is 0.286. The Morgan fingerprint density at radius 2 is 1.81 bits per heavy atom. The first kappa shape index (κ1) is 18.8. The number of carbonyl (C=O) groups is 1. The van der Waals surface area contributed by atoms with Gasteiger partial charge in [-0.05, 0) is 43.8 Å². The third kappa shape index (κ3) is 4.60. The van der Waals surface area contributed by atoms with Gasteiger partial charge in [-0.2, -0.15) is 9.90 Å². The Morgan fingerprint density at radius 3 is 2.44 bits per heavy atom. The topological polar surface area (TPSA) is 63.1 Å². The van der Waals surface area contributed by atoms with Crippen molar-refractivity contribution in [2.75, 3.05) is 20.6 Å². The summed E-state index contributed by atoms with van der Waals surface area (Å²) >= 11 is 0. The van der Waals surface area contributed by atoms with Crippen LogP contribution in [-0.2, 0) is 6.42 Å². The number of nitrogens with one attached hydrogen (secondary N) is 1. The number of likely N-dealkylation sites (N-methyl/N-ethyl adjacent to an activating group) is 1. The van der Waals surface area contributed by atoms with Gasteiger partial charge in [0.1, 0.15) is 0 Å². The number of nitrogens with zero attached hydrogens (tertiary/aromatic N) is 4. The van der Waals surface area contributed by atoms with Crippen LogP contribution in [0, 0.1) is 0 Å². The first-order valence-electron chi connectivity index (χ1n) is 9.09. The van der Waals surface area contributed by atoms with Crippen molar-refractivity contribution in [1.29, 1.82) is 0 Å². The fourth-order valence-corrected chi connectivity index (χ4v) is 2.91. The molecule has 0 saturated heterocycles. The molecule has 0 spiro atoms. The highest BCUT2D eigenvalue weighted by molar-refractivity contribution is 5.91. The second kappa shape index (κ2) is 8.60. The van der Waals surface area contributed by atoms with Crippen LogP contribution < -0.4 is 5.32 Å². The molecular formula is C21H25N5O. The van der Waals surface area contributed by atoms with Crippen LogP contribution in [0.2, 0.25) is 0 Å². The van der Waals surface area contributed by atoms with Crippen LogP contribution in [0.5, 0.6) is 0 Å². The lowest BCUT2D eigenvalue weighted by Gasteiger charge is -2.25. The van der Waals surface area contributed by atoms with Gasteiger partial charge in [0.15, 0.2) is 5.69 Å². The Bertz CT molecular complexity index is 871. The number of para-hydroxylation sites is 1. The summed E-state index contributed by atoms with van der Waals surface area (Å²) in [5.41, 5.74) is 3.60. The molecule has 140 valence electrons. The van der Waals surface area contributed by atoms with Crippen LogP contribution in [0.1, 0.15) is 34.6 Å². The van der Waals surface area contributed by atoms with Crippen LogP contribution in [0.15, 0.2) is 60.8 Å². The van der Waals surface area contributed by atoms with Gasteiger partial charge in [-0.1, -0.05) is 49.4 Å². The molecule has 1 heterocycles. The summed E-state index contributed by atoms with van der Waals surface area (Å²) < 4.78 is 0. The molecule has 2 aromatic carbocycles. The Morgan fingerprint density at radius 1 is 1.11 bits per heavy atom. The smallest absolute Gasteiger partial charge is 0.273 e. The molecule has 6 heteroatoms. The average molecular weight is 363 g/mol. The summed E-state index contributed by atoms with van der Waals surface area (Å²) in [6.07, 6.45) is 2.50. The summed E-state index contributed by atoms with van der Waals surface area (Å²) in [4.78, 5) is 16.1.